The summed E-state index contributed by atoms with van der Waals surface area (Å²) in [4.78, 5) is 0. The second-order valence-electron chi connectivity index (χ2n) is 3.68. The van der Waals surface area contributed by atoms with E-state index < -0.39 is 7.12 Å². The van der Waals surface area contributed by atoms with Gasteiger partial charge < -0.3 is 19.4 Å². The normalized spacial score (nSPS) is 17.4. The van der Waals surface area contributed by atoms with E-state index in [-0.39, 0.29) is 0 Å². The first-order valence-corrected chi connectivity index (χ1v) is 5.97. The molecular formula is C11H15BClNO3. The van der Waals surface area contributed by atoms with Crippen LogP contribution in [0.2, 0.25) is 5.02 Å². The summed E-state index contributed by atoms with van der Waals surface area (Å²) in [6, 6.07) is 5.50. The lowest BCUT2D eigenvalue weighted by atomic mass is 9.77. The fraction of sp³-hybridized carbons (Fsp3) is 0.455. The molecule has 0 amide bonds. The summed E-state index contributed by atoms with van der Waals surface area (Å²) in [7, 11) is 1.15. The van der Waals surface area contributed by atoms with Gasteiger partial charge in [0.2, 0.25) is 0 Å². The molecule has 0 aromatic heterocycles. The van der Waals surface area contributed by atoms with Crippen molar-refractivity contribution in [1.29, 1.82) is 0 Å². The molecule has 1 aliphatic rings. The first-order valence-electron chi connectivity index (χ1n) is 5.59. The molecule has 0 spiro atoms. The van der Waals surface area contributed by atoms with Gasteiger partial charge in [-0.3, -0.25) is 0 Å². The molecule has 1 aliphatic heterocycles. The van der Waals surface area contributed by atoms with E-state index in [4.69, 9.17) is 25.6 Å². The Morgan fingerprint density at radius 1 is 1.29 bits per heavy atom. The van der Waals surface area contributed by atoms with E-state index in [0.717, 1.165) is 18.6 Å². The summed E-state index contributed by atoms with van der Waals surface area (Å²) in [6.45, 7) is 2.79. The van der Waals surface area contributed by atoms with Crippen LogP contribution in [0.3, 0.4) is 0 Å². The Morgan fingerprint density at radius 2 is 2.00 bits per heavy atom. The largest absolute Gasteiger partial charge is 0.499 e. The van der Waals surface area contributed by atoms with Gasteiger partial charge in [-0.25, -0.2) is 0 Å². The molecule has 4 nitrogen and oxygen atoms in total. The van der Waals surface area contributed by atoms with Crippen LogP contribution in [0.1, 0.15) is 0 Å². The van der Waals surface area contributed by atoms with Gasteiger partial charge in [-0.15, -0.1) is 0 Å². The SMILES string of the molecule is COc1cccc(Cl)c1B1OCCNCCO1. The number of methoxy groups -OCH3 is 1. The monoisotopic (exact) mass is 255 g/mol. The molecule has 2 rings (SSSR count). The third kappa shape index (κ3) is 3.13. The average Bonchev–Trinajstić information content (AvgIpc) is 2.29. The molecule has 1 fully saturated rings. The van der Waals surface area contributed by atoms with E-state index in [1.54, 1.807) is 7.11 Å². The zero-order valence-corrected chi connectivity index (χ0v) is 10.5. The van der Waals surface area contributed by atoms with Crippen LogP contribution in [0.15, 0.2) is 18.2 Å². The van der Waals surface area contributed by atoms with Crippen molar-refractivity contribution in [1.82, 2.24) is 5.32 Å². The minimum absolute atomic E-state index is 0.458. The highest BCUT2D eigenvalue weighted by atomic mass is 35.5. The summed E-state index contributed by atoms with van der Waals surface area (Å²) in [5, 5.41) is 3.79. The van der Waals surface area contributed by atoms with E-state index in [9.17, 15) is 0 Å². The molecule has 0 unspecified atom stereocenters. The molecule has 17 heavy (non-hydrogen) atoms. The highest BCUT2D eigenvalue weighted by Crippen LogP contribution is 2.17. The lowest BCUT2D eigenvalue weighted by molar-refractivity contribution is 0.187. The van der Waals surface area contributed by atoms with Crippen molar-refractivity contribution in [3.8, 4) is 5.75 Å². The first kappa shape index (κ1) is 12.7. The van der Waals surface area contributed by atoms with Gasteiger partial charge in [0.25, 0.3) is 0 Å². The Hall–Kier alpha value is -0.745. The van der Waals surface area contributed by atoms with Crippen LogP contribution < -0.4 is 15.5 Å². The Labute approximate surface area is 106 Å². The standard InChI is InChI=1S/C11H15BClNO3/c1-15-10-4-2-3-9(13)11(10)12-16-7-5-14-6-8-17-12/h2-4,14H,5-8H2,1H3. The van der Waals surface area contributed by atoms with Crippen molar-refractivity contribution < 1.29 is 14.0 Å². The van der Waals surface area contributed by atoms with Crippen molar-refractivity contribution in [3.05, 3.63) is 23.2 Å². The van der Waals surface area contributed by atoms with Crippen molar-refractivity contribution in [3.63, 3.8) is 0 Å². The van der Waals surface area contributed by atoms with Gasteiger partial charge in [0, 0.05) is 36.8 Å². The quantitative estimate of drug-likeness (QED) is 0.789. The van der Waals surface area contributed by atoms with Gasteiger partial charge in [0.1, 0.15) is 5.75 Å². The minimum Gasteiger partial charge on any atom is -0.497 e. The summed E-state index contributed by atoms with van der Waals surface area (Å²) in [5.74, 6) is 0.691. The van der Waals surface area contributed by atoms with Crippen LogP contribution in [-0.4, -0.2) is 40.5 Å². The Kier molecular flexibility index (Phi) is 4.68. The number of ether oxygens (including phenoxy) is 1. The fourth-order valence-corrected chi connectivity index (χ4v) is 1.99. The van der Waals surface area contributed by atoms with Gasteiger partial charge in [0.15, 0.2) is 0 Å². The molecule has 1 N–H and O–H groups in total. The van der Waals surface area contributed by atoms with Gasteiger partial charge in [-0.2, -0.15) is 0 Å². The van der Waals surface area contributed by atoms with E-state index in [2.05, 4.69) is 5.32 Å². The number of nitrogens with one attached hydrogen (secondary N) is 1. The molecule has 0 atom stereocenters. The van der Waals surface area contributed by atoms with Crippen molar-refractivity contribution >= 4 is 24.2 Å². The van der Waals surface area contributed by atoms with Crippen LogP contribution in [-0.2, 0) is 9.31 Å². The molecule has 1 saturated heterocycles. The van der Waals surface area contributed by atoms with Crippen molar-refractivity contribution in [2.75, 3.05) is 33.4 Å². The van der Waals surface area contributed by atoms with Crippen LogP contribution in [0, 0.1) is 0 Å². The Balaban J connectivity index is 2.23. The summed E-state index contributed by atoms with van der Waals surface area (Å²) in [5.41, 5.74) is 0.763. The van der Waals surface area contributed by atoms with Crippen LogP contribution >= 0.6 is 11.6 Å². The number of hydrogen-bond acceptors (Lipinski definition) is 4. The highest BCUT2D eigenvalue weighted by Gasteiger charge is 2.28. The van der Waals surface area contributed by atoms with Crippen LogP contribution in [0.5, 0.6) is 5.75 Å². The van der Waals surface area contributed by atoms with Crippen molar-refractivity contribution in [2.24, 2.45) is 0 Å². The highest BCUT2D eigenvalue weighted by molar-refractivity contribution is 6.66. The smallest absolute Gasteiger partial charge is 0.497 e. The summed E-state index contributed by atoms with van der Waals surface area (Å²) >= 11 is 6.18. The maximum Gasteiger partial charge on any atom is 0.499 e. The summed E-state index contributed by atoms with van der Waals surface area (Å²) < 4.78 is 16.6. The average molecular weight is 256 g/mol. The van der Waals surface area contributed by atoms with E-state index >= 15 is 0 Å². The molecule has 6 heteroatoms. The summed E-state index contributed by atoms with van der Waals surface area (Å²) in [6.07, 6.45) is 0. The molecule has 92 valence electrons. The number of halogens is 1. The Morgan fingerprint density at radius 3 is 2.65 bits per heavy atom. The maximum absolute atomic E-state index is 6.18. The molecular weight excluding hydrogens is 240 g/mol. The minimum atomic E-state index is -0.458. The fourth-order valence-electron chi connectivity index (χ4n) is 1.74. The predicted octanol–water partition coefficient (Wildman–Crippen LogP) is 0.680. The van der Waals surface area contributed by atoms with Gasteiger partial charge in [-0.1, -0.05) is 17.7 Å². The molecule has 0 radical (unpaired) electrons. The lowest BCUT2D eigenvalue weighted by Crippen LogP contribution is -2.44. The third-order valence-electron chi connectivity index (χ3n) is 2.56. The predicted molar refractivity (Wildman–Crippen MR) is 68.2 cm³/mol. The molecule has 1 heterocycles. The van der Waals surface area contributed by atoms with Crippen LogP contribution in [0.4, 0.5) is 0 Å². The third-order valence-corrected chi connectivity index (χ3v) is 2.89. The van der Waals surface area contributed by atoms with E-state index in [1.165, 1.54) is 0 Å². The zero-order chi connectivity index (χ0) is 12.1. The number of rotatable bonds is 2. The first-order chi connectivity index (χ1) is 8.33. The molecule has 0 saturated carbocycles. The molecule has 1 aromatic carbocycles. The number of benzene rings is 1. The molecule has 0 bridgehead atoms. The topological polar surface area (TPSA) is 39.7 Å². The van der Waals surface area contributed by atoms with E-state index in [1.807, 2.05) is 18.2 Å². The van der Waals surface area contributed by atoms with Crippen LogP contribution in [0.25, 0.3) is 0 Å². The van der Waals surface area contributed by atoms with Crippen molar-refractivity contribution in [2.45, 2.75) is 0 Å². The zero-order valence-electron chi connectivity index (χ0n) is 9.74. The van der Waals surface area contributed by atoms with Gasteiger partial charge in [0.05, 0.1) is 7.11 Å². The van der Waals surface area contributed by atoms with Gasteiger partial charge in [-0.05, 0) is 12.1 Å². The maximum atomic E-state index is 6.18. The second-order valence-corrected chi connectivity index (χ2v) is 4.09. The van der Waals surface area contributed by atoms with E-state index in [0.29, 0.717) is 24.0 Å². The Bertz CT molecular complexity index is 370. The lowest BCUT2D eigenvalue weighted by Gasteiger charge is -2.21. The second kappa shape index (κ2) is 6.26. The molecule has 1 aromatic rings. The van der Waals surface area contributed by atoms with Gasteiger partial charge >= 0.3 is 7.12 Å². The number of hydrogen-bond donors (Lipinski definition) is 1. The molecule has 0 aliphatic carbocycles.